The van der Waals surface area contributed by atoms with Crippen LogP contribution in [0.2, 0.25) is 0 Å². The fourth-order valence-corrected chi connectivity index (χ4v) is 5.03. The summed E-state index contributed by atoms with van der Waals surface area (Å²) in [5.41, 5.74) is 8.13. The van der Waals surface area contributed by atoms with Gasteiger partial charge in [0.05, 0.1) is 5.39 Å². The minimum Gasteiger partial charge on any atom is -0.437 e. The van der Waals surface area contributed by atoms with E-state index >= 15 is 0 Å². The van der Waals surface area contributed by atoms with Gasteiger partial charge < -0.3 is 4.42 Å². The molecule has 0 N–H and O–H groups in total. The van der Waals surface area contributed by atoms with E-state index in [1.165, 1.54) is 33.0 Å². The number of fused-ring (bicyclic) bond motifs is 6. The van der Waals surface area contributed by atoms with Gasteiger partial charge in [-0.1, -0.05) is 60.7 Å². The van der Waals surface area contributed by atoms with Gasteiger partial charge in [-0.15, -0.1) is 0 Å². The van der Waals surface area contributed by atoms with Crippen molar-refractivity contribution < 1.29 is 4.42 Å². The third-order valence-corrected chi connectivity index (χ3v) is 6.40. The first-order chi connectivity index (χ1) is 16.3. The maximum Gasteiger partial charge on any atom is 0.236 e. The van der Waals surface area contributed by atoms with Crippen LogP contribution in [0.25, 0.3) is 66.2 Å². The second-order valence-corrected chi connectivity index (χ2v) is 8.05. The molecule has 0 bridgehead atoms. The minimum absolute atomic E-state index is 0.0783. The molecule has 5 heteroatoms. The highest BCUT2D eigenvalue weighted by Gasteiger charge is 2.23. The Morgan fingerprint density at radius 1 is 0.636 bits per heavy atom. The molecule has 4 aromatic carbocycles. The number of hydrogen-bond acceptors (Lipinski definition) is 5. The highest BCUT2D eigenvalue weighted by molar-refractivity contribution is 6.19. The van der Waals surface area contributed by atoms with Crippen LogP contribution < -0.4 is 0 Å². The van der Waals surface area contributed by atoms with Gasteiger partial charge >= 0.3 is 0 Å². The summed E-state index contributed by atoms with van der Waals surface area (Å²) in [5.74, 6) is -0.0783. The van der Waals surface area contributed by atoms with E-state index in [1.807, 2.05) is 24.3 Å². The van der Waals surface area contributed by atoms with Crippen molar-refractivity contribution in [3.63, 3.8) is 0 Å². The molecule has 0 saturated heterocycles. The Balaban J connectivity index is 1.52. The Kier molecular flexibility index (Phi) is 3.35. The van der Waals surface area contributed by atoms with Crippen LogP contribution in [-0.2, 0) is 0 Å². The molecule has 6 aromatic rings. The Labute approximate surface area is 187 Å². The van der Waals surface area contributed by atoms with E-state index in [9.17, 15) is 10.5 Å². The Bertz CT molecular complexity index is 1870. The highest BCUT2D eigenvalue weighted by atomic mass is 16.3. The van der Waals surface area contributed by atoms with E-state index in [1.54, 1.807) is 0 Å². The van der Waals surface area contributed by atoms with Gasteiger partial charge in [-0.3, -0.25) is 0 Å². The number of aromatic nitrogens is 2. The summed E-state index contributed by atoms with van der Waals surface area (Å²) in [6.07, 6.45) is 0. The number of nitriles is 2. The van der Waals surface area contributed by atoms with Gasteiger partial charge in [0, 0.05) is 5.39 Å². The second kappa shape index (κ2) is 6.26. The monoisotopic (exact) mass is 420 g/mol. The van der Waals surface area contributed by atoms with Gasteiger partial charge in [0.25, 0.3) is 0 Å². The molecule has 0 spiro atoms. The van der Waals surface area contributed by atoms with Crippen LogP contribution in [0.4, 0.5) is 0 Å². The van der Waals surface area contributed by atoms with Gasteiger partial charge in [-0.2, -0.15) is 15.5 Å². The van der Waals surface area contributed by atoms with Crippen molar-refractivity contribution in [3.8, 4) is 45.5 Å². The van der Waals surface area contributed by atoms with Gasteiger partial charge in [0.2, 0.25) is 11.5 Å². The summed E-state index contributed by atoms with van der Waals surface area (Å²) in [5, 5.41) is 22.5. The Hall–Kier alpha value is -5.00. The van der Waals surface area contributed by atoms with E-state index in [2.05, 4.69) is 70.6 Å². The number of benzene rings is 4. The number of furan rings is 1. The third-order valence-electron chi connectivity index (χ3n) is 6.40. The van der Waals surface area contributed by atoms with Crippen molar-refractivity contribution in [2.45, 2.75) is 0 Å². The topological polar surface area (TPSA) is 86.5 Å². The van der Waals surface area contributed by atoms with E-state index in [0.29, 0.717) is 11.0 Å². The second-order valence-electron chi connectivity index (χ2n) is 8.05. The van der Waals surface area contributed by atoms with Crippen LogP contribution in [0, 0.1) is 22.7 Å². The largest absolute Gasteiger partial charge is 0.437 e. The van der Waals surface area contributed by atoms with Gasteiger partial charge in [0.15, 0.2) is 5.69 Å². The van der Waals surface area contributed by atoms with Crippen molar-refractivity contribution in [3.05, 3.63) is 84.3 Å². The quantitative estimate of drug-likeness (QED) is 0.299. The third kappa shape index (κ3) is 2.28. The average molecular weight is 420 g/mol. The summed E-state index contributed by atoms with van der Waals surface area (Å²) in [6, 6.07) is 29.2. The summed E-state index contributed by atoms with van der Waals surface area (Å²) in [6.45, 7) is 0. The summed E-state index contributed by atoms with van der Waals surface area (Å²) >= 11 is 0. The molecule has 0 saturated carbocycles. The first-order valence-electron chi connectivity index (χ1n) is 10.5. The van der Waals surface area contributed by atoms with Crippen LogP contribution in [-0.4, -0.2) is 9.97 Å². The van der Waals surface area contributed by atoms with Crippen LogP contribution in [0.1, 0.15) is 11.5 Å². The lowest BCUT2D eigenvalue weighted by molar-refractivity contribution is 0.651. The molecule has 0 amide bonds. The lowest BCUT2D eigenvalue weighted by atomic mass is 9.93. The molecule has 0 aliphatic heterocycles. The van der Waals surface area contributed by atoms with Crippen molar-refractivity contribution in [1.82, 2.24) is 9.97 Å². The van der Waals surface area contributed by atoms with E-state index in [4.69, 9.17) is 4.42 Å². The van der Waals surface area contributed by atoms with Crippen molar-refractivity contribution in [2.24, 2.45) is 0 Å². The number of hydrogen-bond donors (Lipinski definition) is 0. The average Bonchev–Trinajstić information content (AvgIpc) is 3.40. The Morgan fingerprint density at radius 2 is 1.39 bits per heavy atom. The molecule has 33 heavy (non-hydrogen) atoms. The summed E-state index contributed by atoms with van der Waals surface area (Å²) in [4.78, 5) is 8.23. The van der Waals surface area contributed by atoms with Crippen LogP contribution in [0.5, 0.6) is 0 Å². The van der Waals surface area contributed by atoms with Crippen LogP contribution >= 0.6 is 0 Å². The zero-order valence-corrected chi connectivity index (χ0v) is 17.1. The fourth-order valence-electron chi connectivity index (χ4n) is 5.03. The maximum absolute atomic E-state index is 9.62. The van der Waals surface area contributed by atoms with Crippen molar-refractivity contribution in [1.29, 1.82) is 10.5 Å². The number of rotatable bonds is 1. The standard InChI is InChI=1S/C28H12N4O/c29-13-23-27-22-12-15(8-11-24(22)33-28(27)32-25(14-30)31-23)16-9-10-21-18-5-2-1-4-17(18)20-7-3-6-19(16)26(20)21/h1-12H. The molecule has 0 radical (unpaired) electrons. The summed E-state index contributed by atoms with van der Waals surface area (Å²) < 4.78 is 5.85. The molecule has 1 aliphatic rings. The van der Waals surface area contributed by atoms with E-state index < -0.39 is 0 Å². The SMILES string of the molecule is N#Cc1nc(C#N)c2c(n1)oc1ccc(-c3ccc4c5c(cccc35)-c3ccccc3-4)cc12. The van der Waals surface area contributed by atoms with E-state index in [-0.39, 0.29) is 17.2 Å². The zero-order chi connectivity index (χ0) is 22.1. The molecule has 0 unspecified atom stereocenters. The summed E-state index contributed by atoms with van der Waals surface area (Å²) in [7, 11) is 0. The minimum atomic E-state index is -0.0783. The lowest BCUT2D eigenvalue weighted by Gasteiger charge is -2.10. The van der Waals surface area contributed by atoms with Crippen molar-refractivity contribution >= 4 is 32.8 Å². The molecule has 7 rings (SSSR count). The Morgan fingerprint density at radius 3 is 2.18 bits per heavy atom. The molecular formula is C28H12N4O. The maximum atomic E-state index is 9.62. The molecule has 150 valence electrons. The fraction of sp³-hybridized carbons (Fsp3) is 0. The molecule has 2 heterocycles. The molecule has 5 nitrogen and oxygen atoms in total. The molecule has 0 fully saturated rings. The molecule has 0 atom stereocenters. The van der Waals surface area contributed by atoms with E-state index in [0.717, 1.165) is 16.5 Å². The van der Waals surface area contributed by atoms with Crippen LogP contribution in [0.15, 0.2) is 77.2 Å². The predicted octanol–water partition coefficient (Wildman–Crippen LogP) is 6.59. The first kappa shape index (κ1) is 17.7. The highest BCUT2D eigenvalue weighted by Crippen LogP contribution is 2.49. The normalized spacial score (nSPS) is 11.6. The lowest BCUT2D eigenvalue weighted by Crippen LogP contribution is -1.93. The predicted molar refractivity (Wildman–Crippen MR) is 126 cm³/mol. The zero-order valence-electron chi connectivity index (χ0n) is 17.1. The number of nitrogens with zero attached hydrogens (tertiary/aromatic N) is 4. The van der Waals surface area contributed by atoms with Crippen molar-refractivity contribution in [2.75, 3.05) is 0 Å². The van der Waals surface area contributed by atoms with Crippen LogP contribution in [0.3, 0.4) is 0 Å². The molecule has 1 aliphatic carbocycles. The van der Waals surface area contributed by atoms with Gasteiger partial charge in [-0.25, -0.2) is 4.98 Å². The molecule has 2 aromatic heterocycles. The van der Waals surface area contributed by atoms with Gasteiger partial charge in [0.1, 0.15) is 17.7 Å². The smallest absolute Gasteiger partial charge is 0.236 e. The molecular weight excluding hydrogens is 408 g/mol. The first-order valence-corrected chi connectivity index (χ1v) is 10.5. The van der Waals surface area contributed by atoms with Gasteiger partial charge in [-0.05, 0) is 56.3 Å².